The molecule has 0 saturated carbocycles. The Morgan fingerprint density at radius 3 is 2.71 bits per heavy atom. The molecule has 0 bridgehead atoms. The van der Waals surface area contributed by atoms with Gasteiger partial charge in [-0.2, -0.15) is 0 Å². The average molecular weight is 510 g/mol. The Labute approximate surface area is 169 Å². The van der Waals surface area contributed by atoms with Crippen LogP contribution < -0.4 is 5.32 Å². The molecule has 1 saturated heterocycles. The van der Waals surface area contributed by atoms with E-state index in [0.29, 0.717) is 6.54 Å². The second-order valence-electron chi connectivity index (χ2n) is 5.58. The van der Waals surface area contributed by atoms with Gasteiger partial charge >= 0.3 is 5.97 Å². The number of rotatable bonds is 4. The summed E-state index contributed by atoms with van der Waals surface area (Å²) >= 11 is 3.49. The number of esters is 1. The lowest BCUT2D eigenvalue weighted by atomic mass is 9.97. The lowest BCUT2D eigenvalue weighted by molar-refractivity contribution is -0.146. The van der Waals surface area contributed by atoms with Gasteiger partial charge in [-0.15, -0.1) is 24.0 Å². The van der Waals surface area contributed by atoms with E-state index in [2.05, 4.69) is 45.2 Å². The van der Waals surface area contributed by atoms with Crippen LogP contribution in [0.2, 0.25) is 0 Å². The third kappa shape index (κ3) is 6.23. The summed E-state index contributed by atoms with van der Waals surface area (Å²) in [7, 11) is 1.46. The Morgan fingerprint density at radius 2 is 2.12 bits per heavy atom. The molecular weight excluding hydrogens is 485 g/mol. The molecule has 1 aliphatic heterocycles. The molecule has 2 rings (SSSR count). The summed E-state index contributed by atoms with van der Waals surface area (Å²) < 4.78 is 5.91. The number of methoxy groups -OCH3 is 1. The fraction of sp³-hybridized carbons (Fsp3) is 0.529. The molecule has 1 aromatic carbocycles. The van der Waals surface area contributed by atoms with Gasteiger partial charge in [0.15, 0.2) is 5.96 Å². The highest BCUT2D eigenvalue weighted by atomic mass is 127. The van der Waals surface area contributed by atoms with Crippen LogP contribution in [-0.2, 0) is 16.1 Å². The predicted molar refractivity (Wildman–Crippen MR) is 111 cm³/mol. The standard InChI is InChI=1S/C17H24BrN3O2.HI/c1-3-19-17(20-12-13-5-4-6-15(18)11-13)21-9-7-14(8-10-21)16(22)23-2;/h4-6,11,14H,3,7-10,12H2,1-2H3,(H,19,20);1H. The van der Waals surface area contributed by atoms with Crippen molar-refractivity contribution in [3.05, 3.63) is 34.3 Å². The number of benzene rings is 1. The third-order valence-electron chi connectivity index (χ3n) is 3.96. The number of guanidine groups is 1. The highest BCUT2D eigenvalue weighted by Crippen LogP contribution is 2.19. The highest BCUT2D eigenvalue weighted by Gasteiger charge is 2.26. The number of carbonyl (C=O) groups is 1. The number of carbonyl (C=O) groups excluding carboxylic acids is 1. The van der Waals surface area contributed by atoms with E-state index in [1.165, 1.54) is 12.7 Å². The average Bonchev–Trinajstić information content (AvgIpc) is 2.58. The summed E-state index contributed by atoms with van der Waals surface area (Å²) in [6.07, 6.45) is 1.63. The first-order chi connectivity index (χ1) is 11.1. The Bertz CT molecular complexity index is 561. The maximum Gasteiger partial charge on any atom is 0.308 e. The molecule has 0 aliphatic carbocycles. The van der Waals surface area contributed by atoms with Crippen molar-refractivity contribution in [2.45, 2.75) is 26.3 Å². The molecule has 1 N–H and O–H groups in total. The molecule has 7 heteroatoms. The minimum Gasteiger partial charge on any atom is -0.469 e. The van der Waals surface area contributed by atoms with Gasteiger partial charge in [0.1, 0.15) is 0 Å². The van der Waals surface area contributed by atoms with E-state index >= 15 is 0 Å². The zero-order valence-corrected chi connectivity index (χ0v) is 18.0. The van der Waals surface area contributed by atoms with Gasteiger partial charge < -0.3 is 15.0 Å². The molecule has 0 unspecified atom stereocenters. The maximum absolute atomic E-state index is 11.6. The first kappa shape index (κ1) is 21.2. The van der Waals surface area contributed by atoms with Gasteiger partial charge in [0.25, 0.3) is 0 Å². The van der Waals surface area contributed by atoms with Crippen molar-refractivity contribution >= 4 is 51.8 Å². The number of hydrogen-bond donors (Lipinski definition) is 1. The van der Waals surface area contributed by atoms with Crippen LogP contribution >= 0.6 is 39.9 Å². The van der Waals surface area contributed by atoms with Crippen molar-refractivity contribution in [3.8, 4) is 0 Å². The van der Waals surface area contributed by atoms with Crippen LogP contribution in [0.15, 0.2) is 33.7 Å². The van der Waals surface area contributed by atoms with Crippen molar-refractivity contribution < 1.29 is 9.53 Å². The van der Waals surface area contributed by atoms with Crippen molar-refractivity contribution in [3.63, 3.8) is 0 Å². The van der Waals surface area contributed by atoms with Gasteiger partial charge in [-0.3, -0.25) is 4.79 Å². The molecule has 1 heterocycles. The lowest BCUT2D eigenvalue weighted by Crippen LogP contribution is -2.46. The van der Waals surface area contributed by atoms with E-state index in [1.807, 2.05) is 12.1 Å². The topological polar surface area (TPSA) is 53.9 Å². The SMILES string of the molecule is CCNC(=NCc1cccc(Br)c1)N1CCC(C(=O)OC)CC1.I. The van der Waals surface area contributed by atoms with Gasteiger partial charge in [-0.05, 0) is 37.5 Å². The van der Waals surface area contributed by atoms with Crippen molar-refractivity contribution in [1.82, 2.24) is 10.2 Å². The summed E-state index contributed by atoms with van der Waals surface area (Å²) in [6, 6.07) is 8.18. The van der Waals surface area contributed by atoms with E-state index in [0.717, 1.165) is 42.9 Å². The monoisotopic (exact) mass is 509 g/mol. The van der Waals surface area contributed by atoms with Crippen LogP contribution in [0.1, 0.15) is 25.3 Å². The molecular formula is C17H25BrIN3O2. The minimum absolute atomic E-state index is 0. The fourth-order valence-corrected chi connectivity index (χ4v) is 3.17. The molecule has 134 valence electrons. The van der Waals surface area contributed by atoms with Crippen LogP contribution in [0.25, 0.3) is 0 Å². The summed E-state index contributed by atoms with van der Waals surface area (Å²) in [5.41, 5.74) is 1.17. The number of hydrogen-bond acceptors (Lipinski definition) is 3. The van der Waals surface area contributed by atoms with Crippen LogP contribution in [0.3, 0.4) is 0 Å². The van der Waals surface area contributed by atoms with E-state index in [-0.39, 0.29) is 35.9 Å². The Hall–Kier alpha value is -0.830. The molecule has 0 radical (unpaired) electrons. The molecule has 0 aromatic heterocycles. The number of piperidine rings is 1. The number of aliphatic imine (C=N–C) groups is 1. The Morgan fingerprint density at radius 1 is 1.42 bits per heavy atom. The van der Waals surface area contributed by atoms with E-state index < -0.39 is 0 Å². The van der Waals surface area contributed by atoms with E-state index in [1.54, 1.807) is 0 Å². The first-order valence-electron chi connectivity index (χ1n) is 7.99. The van der Waals surface area contributed by atoms with Gasteiger partial charge in [0.05, 0.1) is 19.6 Å². The molecule has 0 atom stereocenters. The fourth-order valence-electron chi connectivity index (χ4n) is 2.72. The van der Waals surface area contributed by atoms with Crippen molar-refractivity contribution in [2.24, 2.45) is 10.9 Å². The van der Waals surface area contributed by atoms with Crippen molar-refractivity contribution in [1.29, 1.82) is 0 Å². The molecule has 24 heavy (non-hydrogen) atoms. The normalized spacial score (nSPS) is 15.6. The summed E-state index contributed by atoms with van der Waals surface area (Å²) in [5, 5.41) is 3.34. The molecule has 5 nitrogen and oxygen atoms in total. The highest BCUT2D eigenvalue weighted by molar-refractivity contribution is 14.0. The zero-order chi connectivity index (χ0) is 16.7. The van der Waals surface area contributed by atoms with Crippen molar-refractivity contribution in [2.75, 3.05) is 26.7 Å². The molecule has 1 fully saturated rings. The van der Waals surface area contributed by atoms with Crippen LogP contribution in [-0.4, -0.2) is 43.6 Å². The summed E-state index contributed by atoms with van der Waals surface area (Å²) in [6.45, 7) is 5.18. The lowest BCUT2D eigenvalue weighted by Gasteiger charge is -2.33. The number of nitrogens with zero attached hydrogens (tertiary/aromatic N) is 2. The summed E-state index contributed by atoms with van der Waals surface area (Å²) in [5.74, 6) is 0.834. The second kappa shape index (κ2) is 10.9. The number of likely N-dealkylation sites (tertiary alicyclic amines) is 1. The number of ether oxygens (including phenoxy) is 1. The van der Waals surface area contributed by atoms with E-state index in [9.17, 15) is 4.79 Å². The Kier molecular flexibility index (Phi) is 9.65. The number of halogens is 2. The molecule has 0 amide bonds. The van der Waals surface area contributed by atoms with Gasteiger partial charge in [0.2, 0.25) is 0 Å². The largest absolute Gasteiger partial charge is 0.469 e. The number of nitrogens with one attached hydrogen (secondary N) is 1. The quantitative estimate of drug-likeness (QED) is 0.292. The van der Waals surface area contributed by atoms with Gasteiger partial charge in [-0.25, -0.2) is 4.99 Å². The molecule has 1 aromatic rings. The zero-order valence-electron chi connectivity index (χ0n) is 14.1. The minimum atomic E-state index is -0.0966. The van der Waals surface area contributed by atoms with Crippen LogP contribution in [0, 0.1) is 5.92 Å². The second-order valence-corrected chi connectivity index (χ2v) is 6.50. The van der Waals surface area contributed by atoms with E-state index in [4.69, 9.17) is 9.73 Å². The van der Waals surface area contributed by atoms with Gasteiger partial charge in [0, 0.05) is 24.1 Å². The smallest absolute Gasteiger partial charge is 0.308 e. The summed E-state index contributed by atoms with van der Waals surface area (Å²) in [4.78, 5) is 18.6. The Balaban J connectivity index is 0.00000288. The maximum atomic E-state index is 11.6. The van der Waals surface area contributed by atoms with Gasteiger partial charge in [-0.1, -0.05) is 28.1 Å². The third-order valence-corrected chi connectivity index (χ3v) is 4.46. The van der Waals surface area contributed by atoms with Crippen LogP contribution in [0.5, 0.6) is 0 Å². The molecule has 0 spiro atoms. The predicted octanol–water partition coefficient (Wildman–Crippen LogP) is 3.42. The molecule has 1 aliphatic rings. The first-order valence-corrected chi connectivity index (χ1v) is 8.79. The van der Waals surface area contributed by atoms with Crippen LogP contribution in [0.4, 0.5) is 0 Å².